The van der Waals surface area contributed by atoms with Crippen molar-refractivity contribution in [3.63, 3.8) is 0 Å². The van der Waals surface area contributed by atoms with Gasteiger partial charge in [-0.1, -0.05) is 182 Å². The number of hydrogen-bond donors (Lipinski definition) is 0. The minimum atomic E-state index is 1.15. The van der Waals surface area contributed by atoms with Crippen molar-refractivity contribution in [2.45, 2.75) is 0 Å². The van der Waals surface area contributed by atoms with Gasteiger partial charge in [-0.2, -0.15) is 0 Å². The smallest absolute Gasteiger partial charge is 0.0541 e. The molecule has 0 atom stereocenters. The van der Waals surface area contributed by atoms with Gasteiger partial charge in [0.15, 0.2) is 0 Å². The van der Waals surface area contributed by atoms with Crippen molar-refractivity contribution in [2.24, 2.45) is 0 Å². The molecule has 10 aromatic carbocycles. The molecule has 0 fully saturated rings. The van der Waals surface area contributed by atoms with E-state index in [0.717, 1.165) is 5.69 Å². The first-order valence-corrected chi connectivity index (χ1v) is 19.0. The quantitative estimate of drug-likeness (QED) is 0.158. The van der Waals surface area contributed by atoms with Crippen LogP contribution < -0.4 is 0 Å². The van der Waals surface area contributed by atoms with Gasteiger partial charge in [0.1, 0.15) is 0 Å². The molecule has 0 unspecified atom stereocenters. The highest BCUT2D eigenvalue weighted by molar-refractivity contribution is 6.23. The Morgan fingerprint density at radius 1 is 0.255 bits per heavy atom. The van der Waals surface area contributed by atoms with Crippen LogP contribution in [-0.4, -0.2) is 4.57 Å². The molecule has 1 heterocycles. The number of nitrogens with zero attached hydrogens (tertiary/aromatic N) is 1. The molecule has 11 aromatic rings. The first-order valence-electron chi connectivity index (χ1n) is 19.0. The van der Waals surface area contributed by atoms with E-state index in [1.54, 1.807) is 0 Å². The van der Waals surface area contributed by atoms with Gasteiger partial charge < -0.3 is 4.57 Å². The van der Waals surface area contributed by atoms with Crippen molar-refractivity contribution in [1.29, 1.82) is 0 Å². The molecular formula is C54H35N. The van der Waals surface area contributed by atoms with Gasteiger partial charge in [-0.25, -0.2) is 0 Å². The Morgan fingerprint density at radius 3 is 1.42 bits per heavy atom. The SMILES string of the molecule is c1ccc(-c2ccc(-c3ccc4c(c3)c3ccccc3n4-c3ccc(-c4c5ccccc5c(-c5cccc6ccccc56)c5ccccc45)cc3)cc2)cc1. The number of aromatic nitrogens is 1. The van der Waals surface area contributed by atoms with Crippen molar-refractivity contribution in [3.8, 4) is 50.2 Å². The van der Waals surface area contributed by atoms with E-state index in [1.807, 2.05) is 0 Å². The molecule has 0 aliphatic rings. The summed E-state index contributed by atoms with van der Waals surface area (Å²) in [4.78, 5) is 0. The average molecular weight is 698 g/mol. The first-order chi connectivity index (χ1) is 27.3. The second-order valence-electron chi connectivity index (χ2n) is 14.4. The van der Waals surface area contributed by atoms with Crippen molar-refractivity contribution in [1.82, 2.24) is 4.57 Å². The molecule has 1 nitrogen and oxygen atoms in total. The fourth-order valence-electron chi connectivity index (χ4n) is 8.87. The van der Waals surface area contributed by atoms with Gasteiger partial charge >= 0.3 is 0 Å². The van der Waals surface area contributed by atoms with E-state index in [0.29, 0.717) is 0 Å². The van der Waals surface area contributed by atoms with Crippen LogP contribution in [0.5, 0.6) is 0 Å². The Morgan fingerprint density at radius 2 is 0.727 bits per heavy atom. The third-order valence-corrected chi connectivity index (χ3v) is 11.4. The van der Waals surface area contributed by atoms with Crippen LogP contribution in [0.3, 0.4) is 0 Å². The maximum atomic E-state index is 2.41. The largest absolute Gasteiger partial charge is 0.309 e. The van der Waals surface area contributed by atoms with Gasteiger partial charge in [0.05, 0.1) is 11.0 Å². The summed E-state index contributed by atoms with van der Waals surface area (Å²) in [6.07, 6.45) is 0. The third-order valence-electron chi connectivity index (χ3n) is 11.4. The minimum absolute atomic E-state index is 1.15. The fraction of sp³-hybridized carbons (Fsp3) is 0. The van der Waals surface area contributed by atoms with E-state index < -0.39 is 0 Å². The van der Waals surface area contributed by atoms with E-state index >= 15 is 0 Å². The van der Waals surface area contributed by atoms with Crippen LogP contribution in [0.2, 0.25) is 0 Å². The summed E-state index contributed by atoms with van der Waals surface area (Å²) in [7, 11) is 0. The molecule has 0 N–H and O–H groups in total. The highest BCUT2D eigenvalue weighted by Gasteiger charge is 2.19. The molecule has 0 amide bonds. The van der Waals surface area contributed by atoms with Crippen LogP contribution in [0.15, 0.2) is 212 Å². The van der Waals surface area contributed by atoms with Crippen LogP contribution in [0.25, 0.3) is 104 Å². The fourth-order valence-corrected chi connectivity index (χ4v) is 8.87. The predicted molar refractivity (Wildman–Crippen MR) is 235 cm³/mol. The van der Waals surface area contributed by atoms with Crippen LogP contribution in [0.1, 0.15) is 0 Å². The molecule has 1 aromatic heterocycles. The Kier molecular flexibility index (Phi) is 7.25. The zero-order valence-corrected chi connectivity index (χ0v) is 30.2. The summed E-state index contributed by atoms with van der Waals surface area (Å²) in [5.74, 6) is 0. The molecule has 0 spiro atoms. The van der Waals surface area contributed by atoms with Crippen LogP contribution in [0, 0.1) is 0 Å². The monoisotopic (exact) mass is 697 g/mol. The lowest BCUT2D eigenvalue weighted by atomic mass is 9.85. The highest BCUT2D eigenvalue weighted by atomic mass is 15.0. The van der Waals surface area contributed by atoms with Crippen LogP contribution in [0.4, 0.5) is 0 Å². The summed E-state index contributed by atoms with van der Waals surface area (Å²) in [6.45, 7) is 0. The van der Waals surface area contributed by atoms with Gasteiger partial charge in [-0.15, -0.1) is 0 Å². The second-order valence-corrected chi connectivity index (χ2v) is 14.4. The maximum Gasteiger partial charge on any atom is 0.0541 e. The molecule has 0 radical (unpaired) electrons. The Bertz CT molecular complexity index is 3160. The number of para-hydroxylation sites is 1. The summed E-state index contributed by atoms with van der Waals surface area (Å²) < 4.78 is 2.41. The van der Waals surface area contributed by atoms with Gasteiger partial charge in [-0.05, 0) is 107 Å². The summed E-state index contributed by atoms with van der Waals surface area (Å²) in [6, 6.07) is 77.7. The molecule has 1 heteroatoms. The maximum absolute atomic E-state index is 2.41. The summed E-state index contributed by atoms with van der Waals surface area (Å²) in [5.41, 5.74) is 13.5. The lowest BCUT2D eigenvalue weighted by Crippen LogP contribution is -1.95. The molecule has 0 bridgehead atoms. The minimum Gasteiger partial charge on any atom is -0.309 e. The van der Waals surface area contributed by atoms with E-state index in [4.69, 9.17) is 0 Å². The summed E-state index contributed by atoms with van der Waals surface area (Å²) >= 11 is 0. The van der Waals surface area contributed by atoms with Gasteiger partial charge in [-0.3, -0.25) is 0 Å². The molecule has 0 saturated heterocycles. The van der Waals surface area contributed by atoms with Gasteiger partial charge in [0.25, 0.3) is 0 Å². The second kappa shape index (κ2) is 12.7. The van der Waals surface area contributed by atoms with E-state index in [-0.39, 0.29) is 0 Å². The average Bonchev–Trinajstić information content (AvgIpc) is 3.59. The number of fused-ring (bicyclic) bond motifs is 6. The van der Waals surface area contributed by atoms with Crippen molar-refractivity contribution >= 4 is 54.1 Å². The van der Waals surface area contributed by atoms with Crippen LogP contribution in [-0.2, 0) is 0 Å². The molecular weight excluding hydrogens is 663 g/mol. The zero-order valence-electron chi connectivity index (χ0n) is 30.2. The predicted octanol–water partition coefficient (Wildman–Crippen LogP) is 14.9. The van der Waals surface area contributed by atoms with E-state index in [9.17, 15) is 0 Å². The molecule has 55 heavy (non-hydrogen) atoms. The standard InChI is InChI=1S/C54H35N/c1-2-13-36(14-3-1)37-25-27-38(28-26-37)41-31-34-52-50(35-41)44-18-10-11-24-51(44)55(52)42-32-29-40(30-33-42)53-46-19-6-8-21-48(46)54(49-22-9-7-20-47(49)53)45-23-12-16-39-15-4-5-17-43(39)45/h1-35H. The normalized spacial score (nSPS) is 11.6. The molecule has 0 aliphatic carbocycles. The highest BCUT2D eigenvalue weighted by Crippen LogP contribution is 2.45. The third kappa shape index (κ3) is 5.09. The lowest BCUT2D eigenvalue weighted by molar-refractivity contribution is 1.18. The molecule has 0 aliphatic heterocycles. The van der Waals surface area contributed by atoms with E-state index in [1.165, 1.54) is 98.6 Å². The zero-order chi connectivity index (χ0) is 36.3. The number of hydrogen-bond acceptors (Lipinski definition) is 0. The number of benzene rings is 10. The van der Waals surface area contributed by atoms with Crippen LogP contribution >= 0.6 is 0 Å². The van der Waals surface area contributed by atoms with Crippen molar-refractivity contribution in [3.05, 3.63) is 212 Å². The Hall–Kier alpha value is -7.22. The Balaban J connectivity index is 1.04. The Labute approximate surface area is 320 Å². The molecule has 0 saturated carbocycles. The van der Waals surface area contributed by atoms with Crippen molar-refractivity contribution < 1.29 is 0 Å². The van der Waals surface area contributed by atoms with Gasteiger partial charge in [0, 0.05) is 16.5 Å². The topological polar surface area (TPSA) is 4.93 Å². The molecule has 11 rings (SSSR count). The van der Waals surface area contributed by atoms with E-state index in [2.05, 4.69) is 217 Å². The van der Waals surface area contributed by atoms with Crippen molar-refractivity contribution in [2.75, 3.05) is 0 Å². The summed E-state index contributed by atoms with van der Waals surface area (Å²) in [5, 5.41) is 10.1. The number of rotatable bonds is 5. The first kappa shape index (κ1) is 31.3. The molecule has 256 valence electrons. The van der Waals surface area contributed by atoms with Gasteiger partial charge in [0.2, 0.25) is 0 Å². The lowest BCUT2D eigenvalue weighted by Gasteiger charge is -2.19.